The van der Waals surface area contributed by atoms with Crippen molar-refractivity contribution in [1.82, 2.24) is 5.32 Å². The summed E-state index contributed by atoms with van der Waals surface area (Å²) < 4.78 is 14.7. The van der Waals surface area contributed by atoms with Gasteiger partial charge in [-0.15, -0.1) is 11.3 Å². The molecule has 1 N–H and O–H groups in total. The first-order chi connectivity index (χ1) is 9.52. The van der Waals surface area contributed by atoms with Crippen molar-refractivity contribution in [2.45, 2.75) is 33.2 Å². The second-order valence-electron chi connectivity index (χ2n) is 4.96. The van der Waals surface area contributed by atoms with Gasteiger partial charge in [0.2, 0.25) is 0 Å². The molecule has 108 valence electrons. The number of benzene rings is 1. The number of halogens is 2. The van der Waals surface area contributed by atoms with E-state index in [4.69, 9.17) is 0 Å². The van der Waals surface area contributed by atoms with Crippen LogP contribution in [0.1, 0.15) is 40.3 Å². The molecular weight excluding hydrogens is 337 g/mol. The third-order valence-corrected chi connectivity index (χ3v) is 5.28. The Hall–Kier alpha value is -0.710. The van der Waals surface area contributed by atoms with E-state index >= 15 is 0 Å². The summed E-state index contributed by atoms with van der Waals surface area (Å²) in [7, 11) is 0. The molecule has 0 aliphatic heterocycles. The molecule has 1 nitrogen and oxygen atoms in total. The smallest absolute Gasteiger partial charge is 0.123 e. The molecule has 0 aliphatic rings. The molecule has 0 aliphatic carbocycles. The van der Waals surface area contributed by atoms with Gasteiger partial charge >= 0.3 is 0 Å². The maximum atomic E-state index is 13.6. The Kier molecular flexibility index (Phi) is 5.35. The van der Waals surface area contributed by atoms with Crippen LogP contribution in [0.15, 0.2) is 28.7 Å². The predicted octanol–water partition coefficient (Wildman–Crippen LogP) is 5.36. The van der Waals surface area contributed by atoms with Gasteiger partial charge in [0.15, 0.2) is 0 Å². The minimum atomic E-state index is -0.182. The molecule has 0 spiro atoms. The maximum absolute atomic E-state index is 13.6. The fraction of sp³-hybridized carbons (Fsp3) is 0.375. The Morgan fingerprint density at radius 1 is 1.30 bits per heavy atom. The van der Waals surface area contributed by atoms with Crippen molar-refractivity contribution < 1.29 is 4.39 Å². The quantitative estimate of drug-likeness (QED) is 0.761. The van der Waals surface area contributed by atoms with E-state index in [0.717, 1.165) is 28.6 Å². The third-order valence-electron chi connectivity index (χ3n) is 3.25. The highest BCUT2D eigenvalue weighted by Gasteiger charge is 2.20. The number of aryl methyl sites for hydroxylation is 2. The van der Waals surface area contributed by atoms with Crippen molar-refractivity contribution in [1.29, 1.82) is 0 Å². The zero-order chi connectivity index (χ0) is 14.7. The summed E-state index contributed by atoms with van der Waals surface area (Å²) in [5.74, 6) is -0.182. The third kappa shape index (κ3) is 3.48. The average Bonchev–Trinajstić information content (AvgIpc) is 2.73. The Labute approximate surface area is 132 Å². The van der Waals surface area contributed by atoms with Crippen LogP contribution in [-0.2, 0) is 0 Å². The first kappa shape index (κ1) is 15.7. The van der Waals surface area contributed by atoms with E-state index in [-0.39, 0.29) is 11.9 Å². The normalized spacial score (nSPS) is 12.7. The molecule has 0 bridgehead atoms. The minimum absolute atomic E-state index is 0.0405. The van der Waals surface area contributed by atoms with Crippen LogP contribution < -0.4 is 5.32 Å². The molecule has 1 aromatic heterocycles. The van der Waals surface area contributed by atoms with Crippen LogP contribution in [0.5, 0.6) is 0 Å². The molecule has 0 saturated carbocycles. The highest BCUT2D eigenvalue weighted by atomic mass is 79.9. The van der Waals surface area contributed by atoms with Crippen molar-refractivity contribution in [3.63, 3.8) is 0 Å². The lowest BCUT2D eigenvalue weighted by molar-refractivity contribution is 0.587. The molecular formula is C16H19BrFNS. The molecule has 20 heavy (non-hydrogen) atoms. The lowest BCUT2D eigenvalue weighted by Gasteiger charge is -2.20. The van der Waals surface area contributed by atoms with Crippen molar-refractivity contribution in [2.24, 2.45) is 0 Å². The van der Waals surface area contributed by atoms with E-state index in [0.29, 0.717) is 0 Å². The number of rotatable bonds is 5. The molecule has 0 fully saturated rings. The Morgan fingerprint density at radius 2 is 2.05 bits per heavy atom. The van der Waals surface area contributed by atoms with Gasteiger partial charge in [-0.3, -0.25) is 0 Å². The molecule has 4 heteroatoms. The molecule has 1 unspecified atom stereocenters. The van der Waals surface area contributed by atoms with Gasteiger partial charge in [-0.2, -0.15) is 0 Å². The van der Waals surface area contributed by atoms with E-state index in [1.807, 2.05) is 13.0 Å². The number of thiophene rings is 1. The average molecular weight is 356 g/mol. The Morgan fingerprint density at radius 3 is 2.65 bits per heavy atom. The highest BCUT2D eigenvalue weighted by Crippen LogP contribution is 2.36. The summed E-state index contributed by atoms with van der Waals surface area (Å²) in [5, 5.41) is 3.54. The highest BCUT2D eigenvalue weighted by molar-refractivity contribution is 9.10. The second-order valence-corrected chi connectivity index (χ2v) is 7.10. The van der Waals surface area contributed by atoms with Gasteiger partial charge in [0.05, 0.1) is 6.04 Å². The van der Waals surface area contributed by atoms with Gasteiger partial charge in [-0.1, -0.05) is 13.0 Å². The van der Waals surface area contributed by atoms with Crippen molar-refractivity contribution in [3.8, 4) is 0 Å². The SMILES string of the molecule is CCCNC(c1cc(F)ccc1C)c1sc(C)cc1Br. The van der Waals surface area contributed by atoms with Crippen LogP contribution in [0.4, 0.5) is 4.39 Å². The number of nitrogens with one attached hydrogen (secondary N) is 1. The van der Waals surface area contributed by atoms with Gasteiger partial charge < -0.3 is 5.32 Å². The maximum Gasteiger partial charge on any atom is 0.123 e. The van der Waals surface area contributed by atoms with Crippen LogP contribution in [0.3, 0.4) is 0 Å². The molecule has 1 aromatic carbocycles. The van der Waals surface area contributed by atoms with Gasteiger partial charge in [0, 0.05) is 14.2 Å². The second kappa shape index (κ2) is 6.83. The number of hydrogen-bond acceptors (Lipinski definition) is 2. The molecule has 2 aromatic rings. The van der Waals surface area contributed by atoms with E-state index in [9.17, 15) is 4.39 Å². The summed E-state index contributed by atoms with van der Waals surface area (Å²) in [4.78, 5) is 2.47. The van der Waals surface area contributed by atoms with Crippen LogP contribution in [-0.4, -0.2) is 6.54 Å². The van der Waals surface area contributed by atoms with E-state index in [1.165, 1.54) is 15.8 Å². The van der Waals surface area contributed by atoms with Crippen LogP contribution >= 0.6 is 27.3 Å². The molecule has 1 heterocycles. The monoisotopic (exact) mass is 355 g/mol. The minimum Gasteiger partial charge on any atom is -0.306 e. The van der Waals surface area contributed by atoms with Gasteiger partial charge in [-0.25, -0.2) is 4.39 Å². The van der Waals surface area contributed by atoms with E-state index in [2.05, 4.69) is 41.2 Å². The van der Waals surface area contributed by atoms with Crippen molar-refractivity contribution in [2.75, 3.05) is 6.54 Å². The fourth-order valence-corrected chi connectivity index (χ4v) is 4.23. The topological polar surface area (TPSA) is 12.0 Å². The van der Waals surface area contributed by atoms with Crippen molar-refractivity contribution >= 4 is 27.3 Å². The zero-order valence-electron chi connectivity index (χ0n) is 12.0. The van der Waals surface area contributed by atoms with Gasteiger partial charge in [0.25, 0.3) is 0 Å². The predicted molar refractivity (Wildman–Crippen MR) is 88.0 cm³/mol. The van der Waals surface area contributed by atoms with Crippen LogP contribution in [0.25, 0.3) is 0 Å². The lowest BCUT2D eigenvalue weighted by Crippen LogP contribution is -2.23. The molecule has 1 atom stereocenters. The lowest BCUT2D eigenvalue weighted by atomic mass is 9.99. The molecule has 0 amide bonds. The van der Waals surface area contributed by atoms with E-state index in [1.54, 1.807) is 17.4 Å². The van der Waals surface area contributed by atoms with Crippen molar-refractivity contribution in [3.05, 3.63) is 55.4 Å². The summed E-state index contributed by atoms with van der Waals surface area (Å²) in [6, 6.07) is 7.17. The van der Waals surface area contributed by atoms with Crippen LogP contribution in [0.2, 0.25) is 0 Å². The Balaban J connectivity index is 2.46. The largest absolute Gasteiger partial charge is 0.306 e. The molecule has 0 radical (unpaired) electrons. The molecule has 2 rings (SSSR count). The summed E-state index contributed by atoms with van der Waals surface area (Å²) in [6.45, 7) is 7.17. The zero-order valence-corrected chi connectivity index (χ0v) is 14.4. The molecule has 0 saturated heterocycles. The van der Waals surface area contributed by atoms with E-state index < -0.39 is 0 Å². The summed E-state index contributed by atoms with van der Waals surface area (Å²) >= 11 is 5.38. The van der Waals surface area contributed by atoms with Gasteiger partial charge in [0.1, 0.15) is 5.82 Å². The van der Waals surface area contributed by atoms with Crippen LogP contribution in [0, 0.1) is 19.7 Å². The first-order valence-corrected chi connectivity index (χ1v) is 8.39. The summed E-state index contributed by atoms with van der Waals surface area (Å²) in [5.41, 5.74) is 2.12. The Bertz CT molecular complexity index is 594. The standard InChI is InChI=1S/C16H19BrFNS/c1-4-7-19-15(16-14(17)8-11(3)20-16)13-9-12(18)6-5-10(13)2/h5-6,8-9,15,19H,4,7H2,1-3H3. The summed E-state index contributed by atoms with van der Waals surface area (Å²) in [6.07, 6.45) is 1.05. The first-order valence-electron chi connectivity index (χ1n) is 6.78. The van der Waals surface area contributed by atoms with Gasteiger partial charge in [-0.05, 0) is 72.1 Å². The fourth-order valence-electron chi connectivity index (χ4n) is 2.25. The number of hydrogen-bond donors (Lipinski definition) is 1.